The predicted molar refractivity (Wildman–Crippen MR) is 119 cm³/mol. The normalized spacial score (nSPS) is 19.2. The number of aliphatic hydroxyl groups is 1. The van der Waals surface area contributed by atoms with Gasteiger partial charge in [0.2, 0.25) is 0 Å². The van der Waals surface area contributed by atoms with Gasteiger partial charge < -0.3 is 14.6 Å². The Morgan fingerprint density at radius 2 is 2.00 bits per heavy atom. The Labute approximate surface area is 190 Å². The number of amides is 3. The summed E-state index contributed by atoms with van der Waals surface area (Å²) < 4.78 is 12.3. The van der Waals surface area contributed by atoms with Crippen LogP contribution in [0.15, 0.2) is 29.3 Å². The number of aliphatic imine (C=N–C) groups is 1. The molecule has 1 aromatic carbocycles. The van der Waals surface area contributed by atoms with Crippen LogP contribution in [0.3, 0.4) is 0 Å². The zero-order valence-corrected chi connectivity index (χ0v) is 19.3. The van der Waals surface area contributed by atoms with Crippen molar-refractivity contribution in [3.8, 4) is 5.75 Å². The lowest BCUT2D eigenvalue weighted by Gasteiger charge is -2.31. The van der Waals surface area contributed by atoms with Gasteiger partial charge in [0, 0.05) is 14.1 Å². The van der Waals surface area contributed by atoms with Gasteiger partial charge >= 0.3 is 17.2 Å². The maximum atomic E-state index is 12.9. The first-order chi connectivity index (χ1) is 15.2. The van der Waals surface area contributed by atoms with Gasteiger partial charge in [0.1, 0.15) is 30.8 Å². The summed E-state index contributed by atoms with van der Waals surface area (Å²) in [5.74, 6) is 0.0312. The standard InChI is InChI=1S/C21H27N4O6S/c1-5-30-16(27)12-32-20-22-18-17(19(28)24(4)21(29)23(18)3)25(20)10-14(26)11-31-15-9-7-6-8-13(15)2/h6-9,14,17,26H,5,10-12H2,1-4H3/q+1. The maximum Gasteiger partial charge on any atom is 0.358 e. The first-order valence-electron chi connectivity index (χ1n) is 10.2. The van der Waals surface area contributed by atoms with Crippen LogP contribution >= 0.6 is 11.8 Å². The molecule has 0 aromatic heterocycles. The van der Waals surface area contributed by atoms with E-state index in [1.165, 1.54) is 19.0 Å². The second kappa shape index (κ2) is 10.1. The largest absolute Gasteiger partial charge is 0.490 e. The van der Waals surface area contributed by atoms with Crippen molar-refractivity contribution in [1.82, 2.24) is 9.80 Å². The predicted octanol–water partition coefficient (Wildman–Crippen LogP) is 0.704. The number of imide groups is 1. The van der Waals surface area contributed by atoms with Crippen molar-refractivity contribution in [1.29, 1.82) is 0 Å². The molecule has 0 bridgehead atoms. The van der Waals surface area contributed by atoms with Crippen molar-refractivity contribution < 1.29 is 33.5 Å². The number of benzene rings is 1. The molecule has 2 aliphatic heterocycles. The molecule has 3 amide bonds. The first-order valence-corrected chi connectivity index (χ1v) is 11.2. The minimum atomic E-state index is -0.955. The van der Waals surface area contributed by atoms with Gasteiger partial charge in [0.15, 0.2) is 0 Å². The number of fused-ring (bicyclic) bond motifs is 1. The van der Waals surface area contributed by atoms with Gasteiger partial charge in [-0.05, 0) is 42.2 Å². The lowest BCUT2D eigenvalue weighted by Crippen LogP contribution is -2.62. The summed E-state index contributed by atoms with van der Waals surface area (Å²) in [6.07, 6.45) is -0.955. The van der Waals surface area contributed by atoms with E-state index < -0.39 is 30.1 Å². The molecular weight excluding hydrogens is 436 g/mol. The molecule has 0 radical (unpaired) electrons. The van der Waals surface area contributed by atoms with E-state index >= 15 is 0 Å². The second-order valence-electron chi connectivity index (χ2n) is 7.37. The summed E-state index contributed by atoms with van der Waals surface area (Å²) in [5, 5.41) is 11.0. The van der Waals surface area contributed by atoms with Crippen molar-refractivity contribution in [2.75, 3.05) is 39.6 Å². The zero-order valence-electron chi connectivity index (χ0n) is 18.5. The van der Waals surface area contributed by atoms with Crippen LogP contribution in [-0.4, -0.2) is 100 Å². The molecular formula is C21H27N4O6S+. The number of esters is 1. The summed E-state index contributed by atoms with van der Waals surface area (Å²) in [7, 11) is 2.93. The van der Waals surface area contributed by atoms with Crippen LogP contribution in [0, 0.1) is 6.92 Å². The van der Waals surface area contributed by atoms with E-state index in [0.717, 1.165) is 22.2 Å². The molecule has 2 atom stereocenters. The minimum absolute atomic E-state index is 0.00196. The minimum Gasteiger partial charge on any atom is -0.490 e. The van der Waals surface area contributed by atoms with Gasteiger partial charge in [-0.2, -0.15) is 0 Å². The number of amidine groups is 2. The lowest BCUT2D eigenvalue weighted by atomic mass is 10.1. The molecule has 10 nitrogen and oxygen atoms in total. The highest BCUT2D eigenvalue weighted by molar-refractivity contribution is 8.14. The molecule has 2 heterocycles. The number of aryl methyl sites for hydroxylation is 1. The molecule has 0 saturated carbocycles. The topological polar surface area (TPSA) is 112 Å². The van der Waals surface area contributed by atoms with Crippen LogP contribution in [0.5, 0.6) is 5.75 Å². The molecule has 32 heavy (non-hydrogen) atoms. The molecule has 2 unspecified atom stereocenters. The molecule has 3 rings (SSSR count). The van der Waals surface area contributed by atoms with Gasteiger partial charge in [0.25, 0.3) is 17.8 Å². The van der Waals surface area contributed by atoms with Gasteiger partial charge in [-0.3, -0.25) is 19.4 Å². The summed E-state index contributed by atoms with van der Waals surface area (Å²) in [4.78, 5) is 43.8. The Kier molecular flexibility index (Phi) is 7.52. The number of ether oxygens (including phenoxy) is 2. The number of β-amino-alcohol motifs (C(OH)–C–C–N with tert-alkyl or cyclic N) is 1. The molecule has 0 spiro atoms. The van der Waals surface area contributed by atoms with Crippen molar-refractivity contribution in [2.24, 2.45) is 4.99 Å². The number of para-hydroxylation sites is 1. The van der Waals surface area contributed by atoms with Gasteiger partial charge in [-0.25, -0.2) is 9.37 Å². The average Bonchev–Trinajstić information content (AvgIpc) is 3.12. The van der Waals surface area contributed by atoms with Crippen LogP contribution in [0.1, 0.15) is 12.5 Å². The van der Waals surface area contributed by atoms with E-state index in [0.29, 0.717) is 10.9 Å². The fourth-order valence-corrected chi connectivity index (χ4v) is 4.22. The molecule has 1 saturated heterocycles. The average molecular weight is 464 g/mol. The highest BCUT2D eigenvalue weighted by Crippen LogP contribution is 2.23. The smallest absolute Gasteiger partial charge is 0.358 e. The molecule has 1 N–H and O–H groups in total. The van der Waals surface area contributed by atoms with E-state index in [2.05, 4.69) is 4.99 Å². The number of likely N-dealkylation sites (N-methyl/N-ethyl adjacent to an activating group) is 2. The van der Waals surface area contributed by atoms with E-state index in [4.69, 9.17) is 9.47 Å². The Bertz CT molecular complexity index is 979. The molecule has 1 fully saturated rings. The van der Waals surface area contributed by atoms with Crippen molar-refractivity contribution in [3.05, 3.63) is 29.8 Å². The van der Waals surface area contributed by atoms with E-state index in [1.807, 2.05) is 31.2 Å². The van der Waals surface area contributed by atoms with Crippen LogP contribution in [0.2, 0.25) is 0 Å². The van der Waals surface area contributed by atoms with Gasteiger partial charge in [-0.1, -0.05) is 18.2 Å². The summed E-state index contributed by atoms with van der Waals surface area (Å²) >= 11 is 1.09. The number of thioether (sulfide) groups is 1. The third-order valence-corrected chi connectivity index (χ3v) is 6.01. The Morgan fingerprint density at radius 3 is 2.69 bits per heavy atom. The molecule has 0 aliphatic carbocycles. The highest BCUT2D eigenvalue weighted by Gasteiger charge is 2.53. The highest BCUT2D eigenvalue weighted by atomic mass is 32.2. The Morgan fingerprint density at radius 1 is 1.28 bits per heavy atom. The van der Waals surface area contributed by atoms with E-state index in [1.54, 1.807) is 11.5 Å². The number of aliphatic hydroxyl groups excluding tert-OH is 1. The number of nitrogens with zero attached hydrogens (tertiary/aromatic N) is 4. The lowest BCUT2D eigenvalue weighted by molar-refractivity contribution is -0.541. The van der Waals surface area contributed by atoms with Gasteiger partial charge in [0.05, 0.1) is 6.61 Å². The van der Waals surface area contributed by atoms with Crippen molar-refractivity contribution in [2.45, 2.75) is 26.0 Å². The summed E-state index contributed by atoms with van der Waals surface area (Å²) in [6.45, 7) is 3.90. The SMILES string of the molecule is CCOC(=O)CSC1=[N+](CC(O)COc2ccccc2C)C2C(=O)N(C)C(=O)N(C)C2=N1. The number of carbonyl (C=O) groups is 3. The molecule has 1 aromatic rings. The second-order valence-corrected chi connectivity index (χ2v) is 8.31. The van der Waals surface area contributed by atoms with Crippen LogP contribution in [-0.2, 0) is 14.3 Å². The first kappa shape index (κ1) is 23.7. The Hall–Kier alpha value is -2.92. The molecule has 2 aliphatic rings. The molecule has 11 heteroatoms. The van der Waals surface area contributed by atoms with Crippen LogP contribution < -0.4 is 4.74 Å². The number of hydrogen-bond acceptors (Lipinski definition) is 8. The number of rotatable bonds is 8. The third kappa shape index (κ3) is 4.94. The third-order valence-electron chi connectivity index (χ3n) is 5.05. The van der Waals surface area contributed by atoms with E-state index in [-0.39, 0.29) is 31.3 Å². The molecule has 172 valence electrons. The van der Waals surface area contributed by atoms with Crippen molar-refractivity contribution >= 4 is 40.7 Å². The number of carbonyl (C=O) groups excluding carboxylic acids is 3. The van der Waals surface area contributed by atoms with Gasteiger partial charge in [-0.15, -0.1) is 0 Å². The monoisotopic (exact) mass is 463 g/mol. The Balaban J connectivity index is 1.80. The maximum absolute atomic E-state index is 12.9. The van der Waals surface area contributed by atoms with Crippen molar-refractivity contribution in [3.63, 3.8) is 0 Å². The van der Waals surface area contributed by atoms with Crippen LogP contribution in [0.25, 0.3) is 0 Å². The zero-order chi connectivity index (χ0) is 23.4. The fraction of sp³-hybridized carbons (Fsp3) is 0.476. The summed E-state index contributed by atoms with van der Waals surface area (Å²) in [6, 6.07) is 6.09. The number of urea groups is 1. The summed E-state index contributed by atoms with van der Waals surface area (Å²) in [5.41, 5.74) is 0.938. The fourth-order valence-electron chi connectivity index (χ4n) is 3.38. The number of hydrogen-bond donors (Lipinski definition) is 1. The van der Waals surface area contributed by atoms with Crippen LogP contribution in [0.4, 0.5) is 4.79 Å². The van der Waals surface area contributed by atoms with E-state index in [9.17, 15) is 19.5 Å². The quantitative estimate of drug-likeness (QED) is 0.446.